The number of aromatic nitrogens is 3. The van der Waals surface area contributed by atoms with Gasteiger partial charge in [0, 0.05) is 53.4 Å². The third-order valence-corrected chi connectivity index (χ3v) is 9.24. The summed E-state index contributed by atoms with van der Waals surface area (Å²) in [6.07, 6.45) is -1.34. The molecule has 0 amide bonds. The Bertz CT molecular complexity index is 2230. The van der Waals surface area contributed by atoms with E-state index in [9.17, 15) is 24.3 Å². The molecule has 0 radical (unpaired) electrons. The monoisotopic (exact) mass is 705 g/mol. The van der Waals surface area contributed by atoms with Crippen LogP contribution in [-0.2, 0) is 13.1 Å². The molecule has 0 bridgehead atoms. The fraction of sp³-hybridized carbons (Fsp3) is 0.132. The molecule has 0 fully saturated rings. The molecule has 3 aromatic carbocycles. The number of anilines is 2. The number of thiophene rings is 1. The third-order valence-electron chi connectivity index (χ3n) is 8.01. The smallest absolute Gasteiger partial charge is 0.280 e. The van der Waals surface area contributed by atoms with Gasteiger partial charge in [-0.05, 0) is 35.9 Å². The van der Waals surface area contributed by atoms with E-state index in [1.807, 2.05) is 12.1 Å². The van der Waals surface area contributed by atoms with Gasteiger partial charge in [-0.1, -0.05) is 84.4 Å². The van der Waals surface area contributed by atoms with Crippen molar-refractivity contribution in [3.8, 4) is 11.3 Å². The van der Waals surface area contributed by atoms with Crippen LogP contribution in [0.3, 0.4) is 0 Å². The van der Waals surface area contributed by atoms with Crippen molar-refractivity contribution in [3.63, 3.8) is 0 Å². The molecule has 1 unspecified atom stereocenters. The zero-order valence-electron chi connectivity index (χ0n) is 27.1. The molecule has 6 aromatic rings. The standard InChI is InChI=1S/C38H32ClN5O5S/c1-42(2)37-29(18-20-34(46)43(37)23-31(45)24-9-5-3-6-10-24)30-21-33(40-22-28-17-19-32(39)50-28)44(41-30)38(49)27-15-13-26(14-16-27)36(48)35(47)25-11-7-4-8-12-25/h3-21,35,40,47H,22-23H2,1-2H3. The van der Waals surface area contributed by atoms with Gasteiger partial charge in [0.05, 0.1) is 23.1 Å². The number of aliphatic hydroxyl groups is 1. The van der Waals surface area contributed by atoms with Crippen molar-refractivity contribution in [2.75, 3.05) is 24.3 Å². The Morgan fingerprint density at radius 3 is 2.16 bits per heavy atom. The average Bonchev–Trinajstić information content (AvgIpc) is 3.77. The SMILES string of the molecule is CN(C)c1c(-c2cc(NCc3ccc(Cl)s3)n(C(=O)c3ccc(C(=O)C(O)c4ccccc4)cc3)n2)ccc(=O)n1CC(=O)c1ccccc1. The lowest BCUT2D eigenvalue weighted by atomic mass is 9.99. The van der Waals surface area contributed by atoms with Crippen LogP contribution in [0.1, 0.15) is 47.6 Å². The second kappa shape index (κ2) is 14.9. The van der Waals surface area contributed by atoms with Gasteiger partial charge in [0.25, 0.3) is 11.5 Å². The van der Waals surface area contributed by atoms with Crippen molar-refractivity contribution < 1.29 is 19.5 Å². The van der Waals surface area contributed by atoms with Crippen molar-refractivity contribution in [1.29, 1.82) is 0 Å². The van der Waals surface area contributed by atoms with Crippen molar-refractivity contribution in [1.82, 2.24) is 14.3 Å². The summed E-state index contributed by atoms with van der Waals surface area (Å²) in [6.45, 7) is 0.157. The van der Waals surface area contributed by atoms with Crippen LogP contribution in [0.2, 0.25) is 4.34 Å². The molecule has 0 saturated carbocycles. The highest BCUT2D eigenvalue weighted by atomic mass is 35.5. The van der Waals surface area contributed by atoms with Crippen LogP contribution < -0.4 is 15.8 Å². The minimum Gasteiger partial charge on any atom is -0.380 e. The van der Waals surface area contributed by atoms with Gasteiger partial charge in [0.2, 0.25) is 0 Å². The Labute approximate surface area is 296 Å². The summed E-state index contributed by atoms with van der Waals surface area (Å²) in [6, 6.07) is 31.8. The highest BCUT2D eigenvalue weighted by molar-refractivity contribution is 7.16. The number of rotatable bonds is 12. The molecule has 50 heavy (non-hydrogen) atoms. The fourth-order valence-electron chi connectivity index (χ4n) is 5.52. The van der Waals surface area contributed by atoms with Crippen molar-refractivity contribution in [3.05, 3.63) is 157 Å². The summed E-state index contributed by atoms with van der Waals surface area (Å²) >= 11 is 7.55. The van der Waals surface area contributed by atoms with Crippen LogP contribution in [-0.4, -0.2) is 51.0 Å². The maximum Gasteiger partial charge on any atom is 0.280 e. The predicted molar refractivity (Wildman–Crippen MR) is 196 cm³/mol. The van der Waals surface area contributed by atoms with Crippen molar-refractivity contribution in [2.24, 2.45) is 0 Å². The van der Waals surface area contributed by atoms with Gasteiger partial charge in [-0.25, -0.2) is 0 Å². The van der Waals surface area contributed by atoms with Gasteiger partial charge in [0.1, 0.15) is 17.7 Å². The van der Waals surface area contributed by atoms with E-state index < -0.39 is 17.8 Å². The minimum absolute atomic E-state index is 0.196. The molecular weight excluding hydrogens is 674 g/mol. The van der Waals surface area contributed by atoms with E-state index in [1.165, 1.54) is 50.9 Å². The van der Waals surface area contributed by atoms with E-state index in [2.05, 4.69) is 5.32 Å². The van der Waals surface area contributed by atoms with Crippen LogP contribution in [0, 0.1) is 0 Å². The number of pyridine rings is 1. The number of Topliss-reactive ketones (excluding diaryl/α,β-unsaturated/α-hetero) is 2. The molecule has 10 nitrogen and oxygen atoms in total. The Kier molecular flexibility index (Phi) is 10.2. The largest absolute Gasteiger partial charge is 0.380 e. The Balaban J connectivity index is 1.36. The van der Waals surface area contributed by atoms with E-state index in [-0.39, 0.29) is 29.0 Å². The Morgan fingerprint density at radius 1 is 0.860 bits per heavy atom. The maximum atomic E-state index is 14.0. The van der Waals surface area contributed by atoms with Crippen LogP contribution in [0.25, 0.3) is 11.3 Å². The first kappa shape index (κ1) is 34.3. The quantitative estimate of drug-likeness (QED) is 0.137. The van der Waals surface area contributed by atoms with Crippen LogP contribution in [0.4, 0.5) is 11.6 Å². The van der Waals surface area contributed by atoms with Crippen LogP contribution in [0.5, 0.6) is 0 Å². The van der Waals surface area contributed by atoms with Gasteiger partial charge in [0.15, 0.2) is 11.6 Å². The van der Waals surface area contributed by atoms with Gasteiger partial charge < -0.3 is 15.3 Å². The van der Waals surface area contributed by atoms with Gasteiger partial charge in [-0.3, -0.25) is 23.7 Å². The number of aliphatic hydroxyl groups excluding tert-OH is 1. The molecular formula is C38H32ClN5O5S. The lowest BCUT2D eigenvalue weighted by Crippen LogP contribution is -2.29. The lowest BCUT2D eigenvalue weighted by Gasteiger charge is -2.22. The topological polar surface area (TPSA) is 127 Å². The lowest BCUT2D eigenvalue weighted by molar-refractivity contribution is 0.0747. The molecule has 0 spiro atoms. The molecule has 12 heteroatoms. The summed E-state index contributed by atoms with van der Waals surface area (Å²) in [4.78, 5) is 56.0. The summed E-state index contributed by atoms with van der Waals surface area (Å²) < 4.78 is 3.25. The third kappa shape index (κ3) is 7.35. The Morgan fingerprint density at radius 2 is 1.52 bits per heavy atom. The van der Waals surface area contributed by atoms with E-state index in [1.54, 1.807) is 91.8 Å². The molecule has 3 heterocycles. The second-order valence-corrected chi connectivity index (χ2v) is 13.4. The number of nitrogens with zero attached hydrogens (tertiary/aromatic N) is 4. The zero-order valence-corrected chi connectivity index (χ0v) is 28.7. The molecule has 0 aliphatic rings. The van der Waals surface area contributed by atoms with Gasteiger partial charge >= 0.3 is 0 Å². The number of hydrogen-bond donors (Lipinski definition) is 2. The van der Waals surface area contributed by atoms with Crippen LogP contribution in [0.15, 0.2) is 120 Å². The normalized spacial score (nSPS) is 11.6. The van der Waals surface area contributed by atoms with E-state index in [4.69, 9.17) is 16.7 Å². The molecule has 0 aliphatic heterocycles. The minimum atomic E-state index is -1.34. The highest BCUT2D eigenvalue weighted by Crippen LogP contribution is 2.31. The van der Waals surface area contributed by atoms with Crippen molar-refractivity contribution in [2.45, 2.75) is 19.2 Å². The maximum absolute atomic E-state index is 14.0. The average molecular weight is 706 g/mol. The first-order valence-electron chi connectivity index (χ1n) is 15.6. The number of nitrogens with one attached hydrogen (secondary N) is 1. The number of benzene rings is 3. The molecule has 2 N–H and O–H groups in total. The molecule has 252 valence electrons. The number of carbonyl (C=O) groups excluding carboxylic acids is 3. The summed E-state index contributed by atoms with van der Waals surface area (Å²) in [5.74, 6) is -0.397. The van der Waals surface area contributed by atoms with Crippen LogP contribution >= 0.6 is 22.9 Å². The first-order chi connectivity index (χ1) is 24.1. The number of halogens is 1. The second-order valence-electron chi connectivity index (χ2n) is 11.6. The summed E-state index contributed by atoms with van der Waals surface area (Å²) in [5.41, 5.74) is 1.99. The van der Waals surface area contributed by atoms with E-state index in [0.717, 1.165) is 4.88 Å². The van der Waals surface area contributed by atoms with E-state index >= 15 is 0 Å². The molecule has 0 aliphatic carbocycles. The molecule has 6 rings (SSSR count). The molecule has 1 atom stereocenters. The first-order valence-corrected chi connectivity index (χ1v) is 16.8. The summed E-state index contributed by atoms with van der Waals surface area (Å²) in [5, 5.41) is 18.6. The molecule has 3 aromatic heterocycles. The van der Waals surface area contributed by atoms with E-state index in [0.29, 0.717) is 44.9 Å². The number of hydrogen-bond acceptors (Lipinski definition) is 9. The molecule has 0 saturated heterocycles. The fourth-order valence-corrected chi connectivity index (χ4v) is 6.55. The predicted octanol–water partition coefficient (Wildman–Crippen LogP) is 6.59. The van der Waals surface area contributed by atoms with Gasteiger partial charge in [-0.2, -0.15) is 9.78 Å². The number of ketones is 2. The van der Waals surface area contributed by atoms with Gasteiger partial charge in [-0.15, -0.1) is 11.3 Å². The Hall–Kier alpha value is -5.62. The zero-order chi connectivity index (χ0) is 35.4. The van der Waals surface area contributed by atoms with Crippen molar-refractivity contribution >= 4 is 52.0 Å². The summed E-state index contributed by atoms with van der Waals surface area (Å²) in [7, 11) is 3.53. The number of carbonyl (C=O) groups is 3. The highest BCUT2D eigenvalue weighted by Gasteiger charge is 2.24.